The third-order valence-electron chi connectivity index (χ3n) is 1.93. The molecule has 0 aliphatic carbocycles. The molecule has 0 N–H and O–H groups in total. The van der Waals surface area contributed by atoms with E-state index in [4.69, 9.17) is 11.6 Å². The Hall–Kier alpha value is -1.41. The van der Waals surface area contributed by atoms with Crippen LogP contribution in [0.25, 0.3) is 11.4 Å². The van der Waals surface area contributed by atoms with Gasteiger partial charge in [-0.2, -0.15) is 0 Å². The zero-order chi connectivity index (χ0) is 9.97. The lowest BCUT2D eigenvalue weighted by molar-refractivity contribution is 1.17. The van der Waals surface area contributed by atoms with Crippen molar-refractivity contribution in [2.24, 2.45) is 0 Å². The first-order chi connectivity index (χ1) is 6.77. The van der Waals surface area contributed by atoms with Gasteiger partial charge in [-0.1, -0.05) is 17.7 Å². The molecule has 2 rings (SSSR count). The first-order valence-electron chi connectivity index (χ1n) is 4.31. The van der Waals surface area contributed by atoms with Crippen molar-refractivity contribution in [1.82, 2.24) is 9.97 Å². The number of rotatable bonds is 1. The van der Waals surface area contributed by atoms with Crippen molar-refractivity contribution >= 4 is 11.6 Å². The van der Waals surface area contributed by atoms with E-state index in [0.717, 1.165) is 11.1 Å². The second-order valence-electron chi connectivity index (χ2n) is 3.06. The van der Waals surface area contributed by atoms with Crippen molar-refractivity contribution in [3.63, 3.8) is 0 Å². The number of hydrogen-bond acceptors (Lipinski definition) is 2. The van der Waals surface area contributed by atoms with Crippen molar-refractivity contribution in [2.75, 3.05) is 0 Å². The minimum atomic E-state index is 0.664. The molecular formula is C11H9ClN2. The highest BCUT2D eigenvalue weighted by molar-refractivity contribution is 6.33. The molecule has 0 aliphatic rings. The Labute approximate surface area is 87.6 Å². The molecule has 0 aliphatic heterocycles. The zero-order valence-electron chi connectivity index (χ0n) is 7.74. The second kappa shape index (κ2) is 3.76. The maximum Gasteiger partial charge on any atom is 0.160 e. The molecule has 2 nitrogen and oxygen atoms in total. The number of nitrogens with zero attached hydrogens (tertiary/aromatic N) is 2. The molecule has 0 radical (unpaired) electrons. The minimum absolute atomic E-state index is 0.664. The van der Waals surface area contributed by atoms with Gasteiger partial charge in [-0.3, -0.25) is 0 Å². The van der Waals surface area contributed by atoms with Gasteiger partial charge >= 0.3 is 0 Å². The fraction of sp³-hybridized carbons (Fsp3) is 0.0909. The first kappa shape index (κ1) is 9.16. The molecule has 3 heteroatoms. The van der Waals surface area contributed by atoms with Crippen LogP contribution in [0.5, 0.6) is 0 Å². The molecule has 1 aromatic heterocycles. The molecule has 0 unspecified atom stereocenters. The van der Waals surface area contributed by atoms with Gasteiger partial charge in [0.2, 0.25) is 0 Å². The van der Waals surface area contributed by atoms with E-state index in [9.17, 15) is 0 Å². The Bertz CT molecular complexity index is 440. The van der Waals surface area contributed by atoms with Gasteiger partial charge in [0.1, 0.15) is 0 Å². The average Bonchev–Trinajstić information content (AvgIpc) is 2.19. The SMILES string of the molecule is Cc1ccc(-c2ncccn2)c(Cl)c1. The van der Waals surface area contributed by atoms with Gasteiger partial charge in [0.25, 0.3) is 0 Å². The van der Waals surface area contributed by atoms with E-state index in [-0.39, 0.29) is 0 Å². The number of halogens is 1. The Morgan fingerprint density at radius 3 is 2.50 bits per heavy atom. The zero-order valence-corrected chi connectivity index (χ0v) is 8.49. The quantitative estimate of drug-likeness (QED) is 0.714. The molecule has 1 aromatic carbocycles. The van der Waals surface area contributed by atoms with Crippen molar-refractivity contribution in [2.45, 2.75) is 6.92 Å². The molecule has 0 atom stereocenters. The van der Waals surface area contributed by atoms with Crippen molar-refractivity contribution in [1.29, 1.82) is 0 Å². The smallest absolute Gasteiger partial charge is 0.160 e. The molecule has 0 fully saturated rings. The van der Waals surface area contributed by atoms with Gasteiger partial charge in [-0.15, -0.1) is 0 Å². The fourth-order valence-electron chi connectivity index (χ4n) is 1.24. The molecule has 0 bridgehead atoms. The van der Waals surface area contributed by atoms with Crippen LogP contribution in [0, 0.1) is 6.92 Å². The maximum atomic E-state index is 6.08. The summed E-state index contributed by atoms with van der Waals surface area (Å²) in [5.74, 6) is 0.664. The number of aromatic nitrogens is 2. The summed E-state index contributed by atoms with van der Waals surface area (Å²) in [4.78, 5) is 8.29. The van der Waals surface area contributed by atoms with Crippen LogP contribution < -0.4 is 0 Å². The lowest BCUT2D eigenvalue weighted by Crippen LogP contribution is -1.87. The predicted molar refractivity (Wildman–Crippen MR) is 57.2 cm³/mol. The summed E-state index contributed by atoms with van der Waals surface area (Å²) >= 11 is 6.08. The average molecular weight is 205 g/mol. The van der Waals surface area contributed by atoms with E-state index < -0.39 is 0 Å². The predicted octanol–water partition coefficient (Wildman–Crippen LogP) is 3.11. The topological polar surface area (TPSA) is 25.8 Å². The van der Waals surface area contributed by atoms with Crippen LogP contribution in [-0.2, 0) is 0 Å². The van der Waals surface area contributed by atoms with Gasteiger partial charge in [-0.05, 0) is 30.7 Å². The highest BCUT2D eigenvalue weighted by atomic mass is 35.5. The minimum Gasteiger partial charge on any atom is -0.237 e. The van der Waals surface area contributed by atoms with Crippen molar-refractivity contribution in [3.8, 4) is 11.4 Å². The van der Waals surface area contributed by atoms with E-state index in [1.54, 1.807) is 18.5 Å². The van der Waals surface area contributed by atoms with E-state index in [0.29, 0.717) is 10.8 Å². The highest BCUT2D eigenvalue weighted by Crippen LogP contribution is 2.25. The largest absolute Gasteiger partial charge is 0.237 e. The van der Waals surface area contributed by atoms with Crippen LogP contribution in [0.15, 0.2) is 36.7 Å². The third-order valence-corrected chi connectivity index (χ3v) is 2.24. The molecule has 2 aromatic rings. The molecular weight excluding hydrogens is 196 g/mol. The van der Waals surface area contributed by atoms with Crippen LogP contribution in [0.2, 0.25) is 5.02 Å². The van der Waals surface area contributed by atoms with Gasteiger partial charge in [0.05, 0.1) is 5.02 Å². The third kappa shape index (κ3) is 1.75. The molecule has 0 saturated heterocycles. The van der Waals surface area contributed by atoms with Crippen molar-refractivity contribution < 1.29 is 0 Å². The lowest BCUT2D eigenvalue weighted by atomic mass is 10.1. The lowest BCUT2D eigenvalue weighted by Gasteiger charge is -2.02. The van der Waals surface area contributed by atoms with Gasteiger partial charge in [0.15, 0.2) is 5.82 Å². The summed E-state index contributed by atoms with van der Waals surface area (Å²) in [6.45, 7) is 2.00. The number of benzene rings is 1. The summed E-state index contributed by atoms with van der Waals surface area (Å²) in [6, 6.07) is 7.63. The summed E-state index contributed by atoms with van der Waals surface area (Å²) in [6.07, 6.45) is 3.41. The van der Waals surface area contributed by atoms with E-state index >= 15 is 0 Å². The van der Waals surface area contributed by atoms with Gasteiger partial charge in [-0.25, -0.2) is 9.97 Å². The van der Waals surface area contributed by atoms with E-state index in [1.807, 2.05) is 25.1 Å². The number of aryl methyl sites for hydroxylation is 1. The summed E-state index contributed by atoms with van der Waals surface area (Å²) in [7, 11) is 0. The standard InChI is InChI=1S/C11H9ClN2/c1-8-3-4-9(10(12)7-8)11-13-5-2-6-14-11/h2-7H,1H3. The summed E-state index contributed by atoms with van der Waals surface area (Å²) in [5, 5.41) is 0.691. The van der Waals surface area contributed by atoms with Crippen molar-refractivity contribution in [3.05, 3.63) is 47.2 Å². The normalized spacial score (nSPS) is 10.1. The molecule has 0 amide bonds. The van der Waals surface area contributed by atoms with E-state index in [2.05, 4.69) is 9.97 Å². The maximum absolute atomic E-state index is 6.08. The van der Waals surface area contributed by atoms with Crippen LogP contribution in [0.1, 0.15) is 5.56 Å². The summed E-state index contributed by atoms with van der Waals surface area (Å²) in [5.41, 5.74) is 2.01. The molecule has 0 spiro atoms. The Morgan fingerprint density at radius 2 is 1.86 bits per heavy atom. The van der Waals surface area contributed by atoms with Gasteiger partial charge < -0.3 is 0 Å². The van der Waals surface area contributed by atoms with Crippen LogP contribution >= 0.6 is 11.6 Å². The van der Waals surface area contributed by atoms with Crippen LogP contribution in [0.4, 0.5) is 0 Å². The summed E-state index contributed by atoms with van der Waals surface area (Å²) < 4.78 is 0. The number of hydrogen-bond donors (Lipinski definition) is 0. The van der Waals surface area contributed by atoms with Crippen LogP contribution in [-0.4, -0.2) is 9.97 Å². The first-order valence-corrected chi connectivity index (χ1v) is 4.69. The Morgan fingerprint density at radius 1 is 1.14 bits per heavy atom. The Balaban J connectivity index is 2.53. The molecule has 70 valence electrons. The Kier molecular flexibility index (Phi) is 2.46. The fourth-order valence-corrected chi connectivity index (χ4v) is 1.56. The van der Waals surface area contributed by atoms with E-state index in [1.165, 1.54) is 0 Å². The monoisotopic (exact) mass is 204 g/mol. The molecule has 14 heavy (non-hydrogen) atoms. The highest BCUT2D eigenvalue weighted by Gasteiger charge is 2.04. The second-order valence-corrected chi connectivity index (χ2v) is 3.46. The molecule has 0 saturated carbocycles. The molecule has 1 heterocycles. The van der Waals surface area contributed by atoms with Gasteiger partial charge in [0, 0.05) is 18.0 Å². The van der Waals surface area contributed by atoms with Crippen LogP contribution in [0.3, 0.4) is 0 Å².